The largest absolute Gasteiger partial charge is 0.361 e. The standard InChI is InChI=1S/C10H9BrN2O2/c11-7-1-2-9-8(4-7)6(5-12-9)3-10(14)13-15/h1-2,4-5,12,15H,3H2,(H,13,14). The minimum absolute atomic E-state index is 0.160. The van der Waals surface area contributed by atoms with E-state index in [2.05, 4.69) is 20.9 Å². The monoisotopic (exact) mass is 268 g/mol. The summed E-state index contributed by atoms with van der Waals surface area (Å²) in [6.07, 6.45) is 1.93. The van der Waals surface area contributed by atoms with Gasteiger partial charge in [0.05, 0.1) is 6.42 Å². The Labute approximate surface area is 94.4 Å². The number of carbonyl (C=O) groups is 1. The number of nitrogens with one attached hydrogen (secondary N) is 2. The van der Waals surface area contributed by atoms with Gasteiger partial charge in [0.2, 0.25) is 5.91 Å². The summed E-state index contributed by atoms with van der Waals surface area (Å²) >= 11 is 3.37. The minimum atomic E-state index is -0.420. The van der Waals surface area contributed by atoms with Crippen LogP contribution in [0.25, 0.3) is 10.9 Å². The summed E-state index contributed by atoms with van der Waals surface area (Å²) in [7, 11) is 0. The van der Waals surface area contributed by atoms with E-state index in [0.717, 1.165) is 20.9 Å². The van der Waals surface area contributed by atoms with Crippen molar-refractivity contribution in [3.63, 3.8) is 0 Å². The van der Waals surface area contributed by atoms with Crippen LogP contribution in [0.2, 0.25) is 0 Å². The second-order valence-corrected chi connectivity index (χ2v) is 4.13. The van der Waals surface area contributed by atoms with Crippen LogP contribution in [0.3, 0.4) is 0 Å². The smallest absolute Gasteiger partial charge is 0.247 e. The first-order valence-electron chi connectivity index (χ1n) is 4.39. The van der Waals surface area contributed by atoms with Gasteiger partial charge in [-0.25, -0.2) is 5.48 Å². The lowest BCUT2D eigenvalue weighted by Crippen LogP contribution is -2.20. The Morgan fingerprint density at radius 3 is 3.07 bits per heavy atom. The molecular formula is C10H9BrN2O2. The van der Waals surface area contributed by atoms with E-state index in [4.69, 9.17) is 5.21 Å². The third kappa shape index (κ3) is 2.03. The van der Waals surface area contributed by atoms with Crippen molar-refractivity contribution in [1.29, 1.82) is 0 Å². The quantitative estimate of drug-likeness (QED) is 0.576. The molecule has 0 saturated carbocycles. The van der Waals surface area contributed by atoms with Crippen molar-refractivity contribution in [3.8, 4) is 0 Å². The Morgan fingerprint density at radius 1 is 1.53 bits per heavy atom. The molecule has 0 saturated heterocycles. The molecule has 0 radical (unpaired) electrons. The van der Waals surface area contributed by atoms with Gasteiger partial charge in [0.15, 0.2) is 0 Å². The van der Waals surface area contributed by atoms with Crippen LogP contribution in [-0.4, -0.2) is 16.1 Å². The molecule has 2 rings (SSSR count). The van der Waals surface area contributed by atoms with Gasteiger partial charge < -0.3 is 4.98 Å². The highest BCUT2D eigenvalue weighted by molar-refractivity contribution is 9.10. The molecule has 78 valence electrons. The third-order valence-corrected chi connectivity index (χ3v) is 2.70. The number of fused-ring (bicyclic) bond motifs is 1. The third-order valence-electron chi connectivity index (χ3n) is 2.21. The number of hydrogen-bond donors (Lipinski definition) is 3. The van der Waals surface area contributed by atoms with Crippen molar-refractivity contribution in [2.75, 3.05) is 0 Å². The number of hydroxylamine groups is 1. The lowest BCUT2D eigenvalue weighted by Gasteiger charge is -1.98. The highest BCUT2D eigenvalue weighted by Crippen LogP contribution is 2.22. The number of carbonyl (C=O) groups excluding carboxylic acids is 1. The summed E-state index contributed by atoms with van der Waals surface area (Å²) in [6.45, 7) is 0. The van der Waals surface area contributed by atoms with E-state index in [1.165, 1.54) is 0 Å². The van der Waals surface area contributed by atoms with Crippen molar-refractivity contribution in [2.45, 2.75) is 6.42 Å². The fourth-order valence-electron chi connectivity index (χ4n) is 1.51. The number of halogens is 1. The van der Waals surface area contributed by atoms with Gasteiger partial charge >= 0.3 is 0 Å². The van der Waals surface area contributed by atoms with Gasteiger partial charge in [0, 0.05) is 21.6 Å². The maximum absolute atomic E-state index is 11.0. The van der Waals surface area contributed by atoms with Crippen molar-refractivity contribution >= 4 is 32.7 Å². The Hall–Kier alpha value is -1.33. The van der Waals surface area contributed by atoms with Crippen LogP contribution in [-0.2, 0) is 11.2 Å². The zero-order valence-electron chi connectivity index (χ0n) is 7.75. The molecule has 1 aromatic carbocycles. The van der Waals surface area contributed by atoms with Crippen LogP contribution in [0.1, 0.15) is 5.56 Å². The SMILES string of the molecule is O=C(Cc1c[nH]c2ccc(Br)cc12)NO. The van der Waals surface area contributed by atoms with E-state index in [1.54, 1.807) is 11.7 Å². The molecule has 0 atom stereocenters. The molecule has 4 nitrogen and oxygen atoms in total. The van der Waals surface area contributed by atoms with Gasteiger partial charge in [-0.05, 0) is 23.8 Å². The van der Waals surface area contributed by atoms with Crippen LogP contribution in [0.15, 0.2) is 28.9 Å². The average Bonchev–Trinajstić information content (AvgIpc) is 2.61. The predicted octanol–water partition coefficient (Wildman–Crippen LogP) is 1.98. The Kier molecular flexibility index (Phi) is 2.75. The van der Waals surface area contributed by atoms with Gasteiger partial charge in [0.25, 0.3) is 0 Å². The predicted molar refractivity (Wildman–Crippen MR) is 59.6 cm³/mol. The average molecular weight is 269 g/mol. The normalized spacial score (nSPS) is 10.5. The topological polar surface area (TPSA) is 65.1 Å². The van der Waals surface area contributed by atoms with Gasteiger partial charge in [-0.1, -0.05) is 15.9 Å². The molecule has 15 heavy (non-hydrogen) atoms. The first kappa shape index (κ1) is 10.2. The molecule has 0 fully saturated rings. The first-order valence-corrected chi connectivity index (χ1v) is 5.18. The molecule has 0 spiro atoms. The zero-order valence-corrected chi connectivity index (χ0v) is 9.34. The van der Waals surface area contributed by atoms with Gasteiger partial charge in [0.1, 0.15) is 0 Å². The summed E-state index contributed by atoms with van der Waals surface area (Å²) in [5.74, 6) is -0.420. The number of aromatic nitrogens is 1. The lowest BCUT2D eigenvalue weighted by molar-refractivity contribution is -0.128. The minimum Gasteiger partial charge on any atom is -0.361 e. The molecule has 0 unspecified atom stereocenters. The Morgan fingerprint density at radius 2 is 2.33 bits per heavy atom. The number of hydrogen-bond acceptors (Lipinski definition) is 2. The van der Waals surface area contributed by atoms with Gasteiger partial charge in [-0.2, -0.15) is 0 Å². The zero-order chi connectivity index (χ0) is 10.8. The molecule has 1 amide bonds. The first-order chi connectivity index (χ1) is 7.20. The van der Waals surface area contributed by atoms with Crippen LogP contribution in [0.5, 0.6) is 0 Å². The van der Waals surface area contributed by atoms with E-state index >= 15 is 0 Å². The maximum atomic E-state index is 11.0. The second-order valence-electron chi connectivity index (χ2n) is 3.22. The van der Waals surface area contributed by atoms with Crippen molar-refractivity contribution in [3.05, 3.63) is 34.4 Å². The highest BCUT2D eigenvalue weighted by atomic mass is 79.9. The lowest BCUT2D eigenvalue weighted by atomic mass is 10.1. The molecule has 2 aromatic rings. The fourth-order valence-corrected chi connectivity index (χ4v) is 1.87. The van der Waals surface area contributed by atoms with E-state index in [9.17, 15) is 4.79 Å². The molecule has 1 aromatic heterocycles. The fraction of sp³-hybridized carbons (Fsp3) is 0.100. The summed E-state index contributed by atoms with van der Waals surface area (Å²) < 4.78 is 0.959. The number of aromatic amines is 1. The molecular weight excluding hydrogens is 260 g/mol. The van der Waals surface area contributed by atoms with Crippen molar-refractivity contribution in [1.82, 2.24) is 10.5 Å². The van der Waals surface area contributed by atoms with Crippen LogP contribution in [0.4, 0.5) is 0 Å². The van der Waals surface area contributed by atoms with Crippen molar-refractivity contribution < 1.29 is 10.0 Å². The van der Waals surface area contributed by atoms with E-state index in [-0.39, 0.29) is 6.42 Å². The van der Waals surface area contributed by atoms with Gasteiger partial charge in [-0.3, -0.25) is 10.0 Å². The van der Waals surface area contributed by atoms with Crippen LogP contribution >= 0.6 is 15.9 Å². The molecule has 1 heterocycles. The van der Waals surface area contributed by atoms with Crippen molar-refractivity contribution in [2.24, 2.45) is 0 Å². The summed E-state index contributed by atoms with van der Waals surface area (Å²) in [5.41, 5.74) is 3.45. The van der Waals surface area contributed by atoms with E-state index in [0.29, 0.717) is 0 Å². The number of benzene rings is 1. The number of H-pyrrole nitrogens is 1. The maximum Gasteiger partial charge on any atom is 0.247 e. The highest BCUT2D eigenvalue weighted by Gasteiger charge is 2.08. The summed E-state index contributed by atoms with van der Waals surface area (Å²) in [4.78, 5) is 14.1. The number of rotatable bonds is 2. The van der Waals surface area contributed by atoms with Crippen LogP contribution in [0, 0.1) is 0 Å². The molecule has 0 bridgehead atoms. The molecule has 3 N–H and O–H groups in total. The molecule has 5 heteroatoms. The molecule has 0 aliphatic heterocycles. The number of amides is 1. The van der Waals surface area contributed by atoms with Gasteiger partial charge in [-0.15, -0.1) is 0 Å². The summed E-state index contributed by atoms with van der Waals surface area (Å²) in [6, 6.07) is 5.79. The van der Waals surface area contributed by atoms with Crippen LogP contribution < -0.4 is 5.48 Å². The summed E-state index contributed by atoms with van der Waals surface area (Å²) in [5, 5.41) is 9.42. The Balaban J connectivity index is 2.43. The second kappa shape index (κ2) is 4.04. The van der Waals surface area contributed by atoms with E-state index in [1.807, 2.05) is 18.2 Å². The molecule has 0 aliphatic rings. The Bertz CT molecular complexity index is 507. The molecule has 0 aliphatic carbocycles. The van der Waals surface area contributed by atoms with E-state index < -0.39 is 5.91 Å².